The molecule has 2 aromatic carbocycles. The molecular weight excluding hydrogens is 288 g/mol. The molecule has 3 heteroatoms. The first-order chi connectivity index (χ1) is 11.3. The van der Waals surface area contributed by atoms with E-state index in [1.807, 2.05) is 12.1 Å². The zero-order chi connectivity index (χ0) is 15.6. The second-order valence-corrected chi connectivity index (χ2v) is 7.09. The molecule has 2 aromatic rings. The van der Waals surface area contributed by atoms with E-state index >= 15 is 0 Å². The molecular formula is C20H18O3. The first kappa shape index (κ1) is 13.3. The van der Waals surface area contributed by atoms with E-state index < -0.39 is 5.92 Å². The Labute approximate surface area is 134 Å². The number of cyclic esters (lactones) is 2. The minimum Gasteiger partial charge on any atom is -0.392 e. The minimum atomic E-state index is -0.400. The summed E-state index contributed by atoms with van der Waals surface area (Å²) in [5.41, 5.74) is 2.34. The summed E-state index contributed by atoms with van der Waals surface area (Å²) in [5.74, 6) is -0.657. The largest absolute Gasteiger partial charge is 0.392 e. The number of hydrogen-bond donors (Lipinski definition) is 0. The van der Waals surface area contributed by atoms with E-state index in [9.17, 15) is 9.59 Å². The quantitative estimate of drug-likeness (QED) is 0.547. The lowest BCUT2D eigenvalue weighted by Gasteiger charge is -2.42. The summed E-state index contributed by atoms with van der Waals surface area (Å²) in [6.45, 7) is 0. The van der Waals surface area contributed by atoms with Gasteiger partial charge in [0.25, 0.3) is 0 Å². The predicted molar refractivity (Wildman–Crippen MR) is 86.0 cm³/mol. The molecule has 23 heavy (non-hydrogen) atoms. The highest BCUT2D eigenvalue weighted by atomic mass is 16.6. The van der Waals surface area contributed by atoms with E-state index in [0.29, 0.717) is 5.92 Å². The molecule has 0 spiro atoms. The summed E-state index contributed by atoms with van der Waals surface area (Å²) in [5, 5.41) is 2.24. The Morgan fingerprint density at radius 2 is 1.74 bits per heavy atom. The number of ether oxygens (including phenoxy) is 1. The lowest BCUT2D eigenvalue weighted by molar-refractivity contribution is -0.153. The van der Waals surface area contributed by atoms with Crippen LogP contribution >= 0.6 is 0 Å². The monoisotopic (exact) mass is 306 g/mol. The van der Waals surface area contributed by atoms with Gasteiger partial charge in [0.15, 0.2) is 0 Å². The van der Waals surface area contributed by atoms with Crippen molar-refractivity contribution < 1.29 is 14.3 Å². The van der Waals surface area contributed by atoms with Crippen LogP contribution in [-0.2, 0) is 14.3 Å². The Kier molecular flexibility index (Phi) is 2.70. The second kappa shape index (κ2) is 4.67. The third-order valence-corrected chi connectivity index (χ3v) is 6.08. The summed E-state index contributed by atoms with van der Waals surface area (Å²) in [4.78, 5) is 24.8. The summed E-state index contributed by atoms with van der Waals surface area (Å²) in [6.07, 6.45) is 4.49. The highest BCUT2D eigenvalue weighted by Crippen LogP contribution is 2.56. The molecule has 2 fully saturated rings. The highest BCUT2D eigenvalue weighted by Gasteiger charge is 2.55. The van der Waals surface area contributed by atoms with Crippen molar-refractivity contribution in [3.8, 4) is 0 Å². The Morgan fingerprint density at radius 3 is 2.65 bits per heavy atom. The maximum absolute atomic E-state index is 12.5. The van der Waals surface area contributed by atoms with Crippen molar-refractivity contribution in [1.82, 2.24) is 0 Å². The van der Waals surface area contributed by atoms with Crippen LogP contribution in [-0.4, -0.2) is 11.9 Å². The van der Waals surface area contributed by atoms with Crippen molar-refractivity contribution in [2.45, 2.75) is 37.5 Å². The summed E-state index contributed by atoms with van der Waals surface area (Å²) in [6, 6.07) is 12.5. The maximum Gasteiger partial charge on any atom is 0.321 e. The molecule has 1 saturated heterocycles. The van der Waals surface area contributed by atoms with Gasteiger partial charge >= 0.3 is 11.9 Å². The van der Waals surface area contributed by atoms with Gasteiger partial charge in [-0.1, -0.05) is 49.2 Å². The highest BCUT2D eigenvalue weighted by molar-refractivity contribution is 6.04. The van der Waals surface area contributed by atoms with Gasteiger partial charge in [-0.2, -0.15) is 0 Å². The molecule has 0 bridgehead atoms. The molecule has 0 radical (unpaired) electrons. The average molecular weight is 306 g/mol. The number of carbonyl (C=O) groups is 2. The summed E-state index contributed by atoms with van der Waals surface area (Å²) >= 11 is 0. The van der Waals surface area contributed by atoms with Crippen molar-refractivity contribution in [1.29, 1.82) is 0 Å². The molecule has 1 saturated carbocycles. The van der Waals surface area contributed by atoms with E-state index in [0.717, 1.165) is 35.6 Å². The first-order valence-electron chi connectivity index (χ1n) is 8.53. The number of hydrogen-bond acceptors (Lipinski definition) is 3. The normalized spacial score (nSPS) is 32.2. The SMILES string of the molecule is O=C1OC(=O)[C@H]2c3c(ccc4ccccc34)[C@H]3CCCC[C@H]3[C@H]12. The summed E-state index contributed by atoms with van der Waals surface area (Å²) < 4.78 is 5.09. The van der Waals surface area contributed by atoms with E-state index in [2.05, 4.69) is 24.3 Å². The van der Waals surface area contributed by atoms with E-state index in [4.69, 9.17) is 4.74 Å². The fourth-order valence-electron chi connectivity index (χ4n) is 5.19. The Bertz CT molecular complexity index is 838. The molecule has 5 rings (SSSR count). The van der Waals surface area contributed by atoms with Crippen LogP contribution in [0.2, 0.25) is 0 Å². The van der Waals surface area contributed by atoms with Gasteiger partial charge in [0.05, 0.1) is 11.8 Å². The van der Waals surface area contributed by atoms with Gasteiger partial charge in [0.1, 0.15) is 0 Å². The van der Waals surface area contributed by atoms with Crippen LogP contribution in [0.3, 0.4) is 0 Å². The molecule has 0 aromatic heterocycles. The van der Waals surface area contributed by atoms with Crippen LogP contribution in [0.1, 0.15) is 48.6 Å². The number of benzene rings is 2. The van der Waals surface area contributed by atoms with Gasteiger partial charge < -0.3 is 4.74 Å². The molecule has 2 aliphatic carbocycles. The second-order valence-electron chi connectivity index (χ2n) is 7.09. The standard InChI is InChI=1S/C20H18O3/c21-19-17-14-8-4-3-7-13(14)15-10-9-11-5-1-2-6-12(11)16(15)18(17)20(22)23-19/h1-2,5-6,9-10,13-14,17-18H,3-4,7-8H2/t13-,14+,17-,18-/m0/s1. The van der Waals surface area contributed by atoms with E-state index in [1.165, 1.54) is 12.0 Å². The first-order valence-corrected chi connectivity index (χ1v) is 8.53. The van der Waals surface area contributed by atoms with Crippen LogP contribution < -0.4 is 0 Å². The third-order valence-electron chi connectivity index (χ3n) is 6.08. The van der Waals surface area contributed by atoms with Gasteiger partial charge in [0.2, 0.25) is 0 Å². The molecule has 0 amide bonds. The zero-order valence-electron chi connectivity index (χ0n) is 12.8. The van der Waals surface area contributed by atoms with Gasteiger partial charge in [-0.15, -0.1) is 0 Å². The lowest BCUT2D eigenvalue weighted by atomic mass is 9.59. The fraction of sp³-hybridized carbons (Fsp3) is 0.400. The van der Waals surface area contributed by atoms with Gasteiger partial charge in [0, 0.05) is 0 Å². The van der Waals surface area contributed by atoms with Gasteiger partial charge in [-0.25, -0.2) is 0 Å². The van der Waals surface area contributed by atoms with Crippen LogP contribution in [0.25, 0.3) is 10.8 Å². The van der Waals surface area contributed by atoms with Crippen molar-refractivity contribution >= 4 is 22.7 Å². The number of carbonyl (C=O) groups excluding carboxylic acids is 2. The van der Waals surface area contributed by atoms with Crippen LogP contribution in [0.15, 0.2) is 36.4 Å². The van der Waals surface area contributed by atoms with E-state index in [1.54, 1.807) is 0 Å². The van der Waals surface area contributed by atoms with E-state index in [-0.39, 0.29) is 23.8 Å². The smallest absolute Gasteiger partial charge is 0.321 e. The Hall–Kier alpha value is -2.16. The number of rotatable bonds is 0. The molecule has 1 aliphatic heterocycles. The van der Waals surface area contributed by atoms with Crippen molar-refractivity contribution in [3.05, 3.63) is 47.5 Å². The Balaban J connectivity index is 1.83. The van der Waals surface area contributed by atoms with Gasteiger partial charge in [-0.3, -0.25) is 9.59 Å². The summed E-state index contributed by atoms with van der Waals surface area (Å²) in [7, 11) is 0. The molecule has 4 atom stereocenters. The lowest BCUT2D eigenvalue weighted by Crippen LogP contribution is -2.37. The minimum absolute atomic E-state index is 0.265. The molecule has 1 heterocycles. The third kappa shape index (κ3) is 1.71. The maximum atomic E-state index is 12.5. The van der Waals surface area contributed by atoms with Crippen LogP contribution in [0.4, 0.5) is 0 Å². The molecule has 3 nitrogen and oxygen atoms in total. The molecule has 3 aliphatic rings. The number of esters is 2. The van der Waals surface area contributed by atoms with Crippen LogP contribution in [0, 0.1) is 11.8 Å². The molecule has 0 N–H and O–H groups in total. The van der Waals surface area contributed by atoms with Crippen molar-refractivity contribution in [2.75, 3.05) is 0 Å². The van der Waals surface area contributed by atoms with Crippen LogP contribution in [0.5, 0.6) is 0 Å². The average Bonchev–Trinajstić information content (AvgIpc) is 2.89. The van der Waals surface area contributed by atoms with Crippen molar-refractivity contribution in [2.24, 2.45) is 11.8 Å². The molecule has 116 valence electrons. The molecule has 0 unspecified atom stereocenters. The van der Waals surface area contributed by atoms with Gasteiger partial charge in [-0.05, 0) is 46.6 Å². The number of fused-ring (bicyclic) bond motifs is 8. The zero-order valence-corrected chi connectivity index (χ0v) is 12.8. The fourth-order valence-corrected chi connectivity index (χ4v) is 5.19. The predicted octanol–water partition coefficient (Wildman–Crippen LogP) is 3.91. The topological polar surface area (TPSA) is 43.4 Å². The van der Waals surface area contributed by atoms with Crippen molar-refractivity contribution in [3.63, 3.8) is 0 Å². The Morgan fingerprint density at radius 1 is 0.913 bits per heavy atom.